The topological polar surface area (TPSA) is 83.8 Å². The number of ether oxygens (including phenoxy) is 1. The van der Waals surface area contributed by atoms with Gasteiger partial charge in [0.25, 0.3) is 11.8 Å². The fourth-order valence-electron chi connectivity index (χ4n) is 5.50. The molecule has 2 N–H and O–H groups in total. The first-order valence-electron chi connectivity index (χ1n) is 12.1. The number of likely N-dealkylation sites (tertiary alicyclic amines) is 1. The van der Waals surface area contributed by atoms with Crippen molar-refractivity contribution in [2.24, 2.45) is 7.05 Å². The molecule has 178 valence electrons. The Balaban J connectivity index is 1.45. The highest BCUT2D eigenvalue weighted by atomic mass is 16.5. The lowest BCUT2D eigenvalue weighted by atomic mass is 9.93. The van der Waals surface area contributed by atoms with E-state index in [4.69, 9.17) is 4.74 Å². The van der Waals surface area contributed by atoms with Gasteiger partial charge in [-0.1, -0.05) is 30.3 Å². The van der Waals surface area contributed by atoms with Crippen molar-refractivity contribution in [2.75, 3.05) is 26.2 Å². The van der Waals surface area contributed by atoms with Gasteiger partial charge >= 0.3 is 0 Å². The van der Waals surface area contributed by atoms with E-state index in [-0.39, 0.29) is 5.75 Å². The first kappa shape index (κ1) is 21.7. The zero-order valence-electron chi connectivity index (χ0n) is 19.6. The molecule has 1 saturated heterocycles. The molecule has 6 rings (SSSR count). The Morgan fingerprint density at radius 3 is 2.49 bits per heavy atom. The zero-order valence-corrected chi connectivity index (χ0v) is 19.6. The molecule has 7 heteroatoms. The van der Waals surface area contributed by atoms with Crippen LogP contribution in [-0.4, -0.2) is 52.6 Å². The molecular weight excluding hydrogens is 442 g/mol. The van der Waals surface area contributed by atoms with Crippen molar-refractivity contribution < 1.29 is 19.4 Å². The number of hydrogen-bond acceptors (Lipinski definition) is 5. The summed E-state index contributed by atoms with van der Waals surface area (Å²) in [5.41, 5.74) is 3.95. The molecule has 0 aliphatic carbocycles. The molecule has 2 aliphatic rings. The van der Waals surface area contributed by atoms with Gasteiger partial charge in [0.15, 0.2) is 11.5 Å². The molecule has 1 fully saturated rings. The minimum Gasteiger partial charge on any atom is -0.504 e. The summed E-state index contributed by atoms with van der Waals surface area (Å²) in [5, 5.41) is 14.6. The Hall–Kier alpha value is -3.84. The van der Waals surface area contributed by atoms with Crippen LogP contribution in [0.25, 0.3) is 32.9 Å². The smallest absolute Gasteiger partial charge is 0.259 e. The fourth-order valence-corrected chi connectivity index (χ4v) is 5.50. The number of nitrogens with one attached hydrogen (secondary N) is 1. The van der Waals surface area contributed by atoms with Crippen LogP contribution in [0.2, 0.25) is 0 Å². The van der Waals surface area contributed by atoms with Crippen LogP contribution in [0.4, 0.5) is 0 Å². The van der Waals surface area contributed by atoms with E-state index in [0.717, 1.165) is 42.7 Å². The number of nitrogens with zero attached hydrogens (tertiary/aromatic N) is 2. The highest BCUT2D eigenvalue weighted by Gasteiger charge is 2.34. The molecule has 2 aliphatic heterocycles. The van der Waals surface area contributed by atoms with Crippen molar-refractivity contribution in [3.05, 3.63) is 59.7 Å². The van der Waals surface area contributed by atoms with Crippen molar-refractivity contribution in [3.63, 3.8) is 0 Å². The predicted octanol–water partition coefficient (Wildman–Crippen LogP) is 4.45. The van der Waals surface area contributed by atoms with Gasteiger partial charge in [-0.3, -0.25) is 14.9 Å². The number of rotatable bonds is 6. The van der Waals surface area contributed by atoms with Crippen LogP contribution in [0.15, 0.2) is 48.5 Å². The summed E-state index contributed by atoms with van der Waals surface area (Å²) in [6, 6.07) is 15.0. The molecule has 0 saturated carbocycles. The zero-order chi connectivity index (χ0) is 24.1. The molecule has 2 amide bonds. The van der Waals surface area contributed by atoms with Crippen LogP contribution < -0.4 is 10.1 Å². The molecule has 35 heavy (non-hydrogen) atoms. The lowest BCUT2D eigenvalue weighted by Crippen LogP contribution is -2.21. The number of fused-ring (bicyclic) bond motifs is 5. The van der Waals surface area contributed by atoms with E-state index in [1.165, 1.54) is 12.8 Å². The molecule has 3 aromatic carbocycles. The maximum atomic E-state index is 12.9. The quantitative estimate of drug-likeness (QED) is 0.322. The number of aromatic nitrogens is 1. The van der Waals surface area contributed by atoms with Gasteiger partial charge in [0, 0.05) is 30.4 Å². The van der Waals surface area contributed by atoms with Gasteiger partial charge in [0.2, 0.25) is 0 Å². The number of imide groups is 1. The van der Waals surface area contributed by atoms with Crippen LogP contribution in [-0.2, 0) is 7.05 Å². The molecular formula is C28H27N3O4. The Morgan fingerprint density at radius 1 is 0.971 bits per heavy atom. The summed E-state index contributed by atoms with van der Waals surface area (Å²) < 4.78 is 7.95. The summed E-state index contributed by atoms with van der Waals surface area (Å²) in [6.45, 7) is 3.82. The molecule has 0 radical (unpaired) electrons. The van der Waals surface area contributed by atoms with Crippen LogP contribution >= 0.6 is 0 Å². The van der Waals surface area contributed by atoms with Crippen LogP contribution in [0, 0.1) is 0 Å². The number of benzene rings is 3. The third kappa shape index (κ3) is 3.54. The lowest BCUT2D eigenvalue weighted by Gasteiger charge is -2.15. The number of aromatic hydroxyl groups is 1. The number of amides is 2. The van der Waals surface area contributed by atoms with Gasteiger partial charge < -0.3 is 19.3 Å². The van der Waals surface area contributed by atoms with Gasteiger partial charge in [-0.25, -0.2) is 0 Å². The van der Waals surface area contributed by atoms with E-state index in [1.54, 1.807) is 6.07 Å². The van der Waals surface area contributed by atoms with Crippen molar-refractivity contribution in [1.82, 2.24) is 14.8 Å². The van der Waals surface area contributed by atoms with Gasteiger partial charge in [-0.2, -0.15) is 0 Å². The first-order valence-corrected chi connectivity index (χ1v) is 12.1. The number of carbonyl (C=O) groups is 2. The minimum atomic E-state index is -0.415. The van der Waals surface area contributed by atoms with E-state index in [9.17, 15) is 14.7 Å². The molecule has 0 spiro atoms. The molecule has 1 aromatic heterocycles. The minimum absolute atomic E-state index is 0.0248. The van der Waals surface area contributed by atoms with Crippen molar-refractivity contribution >= 4 is 33.6 Å². The van der Waals surface area contributed by atoms with E-state index in [0.29, 0.717) is 39.8 Å². The third-order valence-corrected chi connectivity index (χ3v) is 7.22. The normalized spacial score (nSPS) is 15.8. The van der Waals surface area contributed by atoms with E-state index in [1.807, 2.05) is 54.1 Å². The average molecular weight is 470 g/mol. The summed E-state index contributed by atoms with van der Waals surface area (Å²) >= 11 is 0. The Labute approximate surface area is 202 Å². The highest BCUT2D eigenvalue weighted by Crippen LogP contribution is 2.42. The van der Waals surface area contributed by atoms with Gasteiger partial charge in [0.1, 0.15) is 0 Å². The first-order chi connectivity index (χ1) is 17.0. The van der Waals surface area contributed by atoms with Crippen LogP contribution in [0.3, 0.4) is 0 Å². The molecule has 7 nitrogen and oxygen atoms in total. The molecule has 0 bridgehead atoms. The summed E-state index contributed by atoms with van der Waals surface area (Å²) in [6.07, 6.45) is 3.42. The van der Waals surface area contributed by atoms with Crippen LogP contribution in [0.5, 0.6) is 11.5 Å². The number of aryl methyl sites for hydroxylation is 1. The molecule has 3 heterocycles. The van der Waals surface area contributed by atoms with E-state index < -0.39 is 11.8 Å². The second kappa shape index (κ2) is 8.43. The highest BCUT2D eigenvalue weighted by molar-refractivity contribution is 6.32. The van der Waals surface area contributed by atoms with Crippen molar-refractivity contribution in [2.45, 2.75) is 19.3 Å². The standard InChI is InChI=1S/C28H27N3O4/c1-30-20-16-23(35-13-7-12-31-10-5-6-11-31)22(32)15-19(20)24-21(30)14-18(17-8-3-2-4-9-17)25-26(24)28(34)29-27(25)33/h2-4,8-9,14-16,32H,5-7,10-13H2,1H3,(H,29,33,34). The van der Waals surface area contributed by atoms with E-state index in [2.05, 4.69) is 10.2 Å². The summed E-state index contributed by atoms with van der Waals surface area (Å²) in [5.74, 6) is -0.367. The fraction of sp³-hybridized carbons (Fsp3) is 0.286. The van der Waals surface area contributed by atoms with Crippen LogP contribution in [0.1, 0.15) is 40.0 Å². The molecule has 0 atom stereocenters. The number of phenolic OH excluding ortho intramolecular Hbond substituents is 1. The third-order valence-electron chi connectivity index (χ3n) is 7.22. The maximum absolute atomic E-state index is 12.9. The molecule has 4 aromatic rings. The predicted molar refractivity (Wildman–Crippen MR) is 135 cm³/mol. The number of carbonyl (C=O) groups excluding carboxylic acids is 2. The Kier molecular flexibility index (Phi) is 5.22. The maximum Gasteiger partial charge on any atom is 0.259 e. The average Bonchev–Trinajstić information content (AvgIpc) is 3.55. The summed E-state index contributed by atoms with van der Waals surface area (Å²) in [4.78, 5) is 28.2. The Bertz CT molecular complexity index is 1480. The number of hydrogen-bond donors (Lipinski definition) is 2. The second-order valence-corrected chi connectivity index (χ2v) is 9.36. The lowest BCUT2D eigenvalue weighted by molar-refractivity contribution is 0.0880. The second-order valence-electron chi connectivity index (χ2n) is 9.36. The monoisotopic (exact) mass is 469 g/mol. The number of phenols is 1. The van der Waals surface area contributed by atoms with Gasteiger partial charge in [-0.15, -0.1) is 0 Å². The van der Waals surface area contributed by atoms with Gasteiger partial charge in [-0.05, 0) is 55.6 Å². The van der Waals surface area contributed by atoms with Gasteiger partial charge in [0.05, 0.1) is 28.8 Å². The Morgan fingerprint density at radius 2 is 1.71 bits per heavy atom. The van der Waals surface area contributed by atoms with Crippen molar-refractivity contribution in [1.29, 1.82) is 0 Å². The molecule has 0 unspecified atom stereocenters. The van der Waals surface area contributed by atoms with E-state index >= 15 is 0 Å². The van der Waals surface area contributed by atoms with Crippen molar-refractivity contribution in [3.8, 4) is 22.6 Å². The summed E-state index contributed by atoms with van der Waals surface area (Å²) in [7, 11) is 1.93. The largest absolute Gasteiger partial charge is 0.504 e. The SMILES string of the molecule is Cn1c2cc(OCCCN3CCCC3)c(O)cc2c2c3c(c(-c4ccccc4)cc21)C(=O)NC3=O.